The van der Waals surface area contributed by atoms with Gasteiger partial charge in [0.15, 0.2) is 0 Å². The third-order valence-electron chi connectivity index (χ3n) is 3.09. The van der Waals surface area contributed by atoms with E-state index in [2.05, 4.69) is 10.0 Å². The van der Waals surface area contributed by atoms with Crippen LogP contribution in [-0.4, -0.2) is 37.2 Å². The third kappa shape index (κ3) is 5.90. The Morgan fingerprint density at radius 1 is 1.26 bits per heavy atom. The van der Waals surface area contributed by atoms with E-state index >= 15 is 0 Å². The zero-order valence-electron chi connectivity index (χ0n) is 13.4. The second-order valence-electron chi connectivity index (χ2n) is 5.54. The topological polar surface area (TPSA) is 113 Å². The summed E-state index contributed by atoms with van der Waals surface area (Å²) in [4.78, 5) is 23.3. The van der Waals surface area contributed by atoms with Gasteiger partial charge in [-0.2, -0.15) is 0 Å². The molecule has 0 aliphatic heterocycles. The van der Waals surface area contributed by atoms with Gasteiger partial charge < -0.3 is 10.4 Å². The molecule has 0 heterocycles. The molecule has 0 aromatic heterocycles. The van der Waals surface area contributed by atoms with Crippen LogP contribution in [0.15, 0.2) is 24.3 Å². The van der Waals surface area contributed by atoms with Gasteiger partial charge >= 0.3 is 5.97 Å². The Bertz CT molecular complexity index is 670. The van der Waals surface area contributed by atoms with Gasteiger partial charge in [-0.05, 0) is 30.5 Å². The lowest BCUT2D eigenvalue weighted by Crippen LogP contribution is -2.44. The molecule has 8 heteroatoms. The van der Waals surface area contributed by atoms with E-state index in [9.17, 15) is 18.0 Å². The second-order valence-corrected chi connectivity index (χ2v) is 7.38. The second kappa shape index (κ2) is 7.96. The first-order valence-corrected chi connectivity index (χ1v) is 8.95. The average molecular weight is 342 g/mol. The molecule has 1 amide bonds. The summed E-state index contributed by atoms with van der Waals surface area (Å²) in [6.45, 7) is 5.13. The molecule has 1 aromatic carbocycles. The zero-order valence-corrected chi connectivity index (χ0v) is 14.2. The molecule has 0 saturated carbocycles. The van der Waals surface area contributed by atoms with Crippen molar-refractivity contribution in [2.75, 3.05) is 10.5 Å². The minimum absolute atomic E-state index is 0.0160. The van der Waals surface area contributed by atoms with Gasteiger partial charge in [0.2, 0.25) is 10.0 Å². The molecule has 7 nitrogen and oxygen atoms in total. The van der Waals surface area contributed by atoms with E-state index < -0.39 is 27.9 Å². The summed E-state index contributed by atoms with van der Waals surface area (Å²) >= 11 is 0. The van der Waals surface area contributed by atoms with Crippen molar-refractivity contribution in [3.63, 3.8) is 0 Å². The molecular weight excluding hydrogens is 320 g/mol. The van der Waals surface area contributed by atoms with E-state index in [0.29, 0.717) is 6.42 Å². The average Bonchev–Trinajstić information content (AvgIpc) is 2.43. The summed E-state index contributed by atoms with van der Waals surface area (Å²) in [5, 5.41) is 11.5. The maximum Gasteiger partial charge on any atom is 0.326 e. The number of carboxylic acid groups (broad SMARTS) is 1. The smallest absolute Gasteiger partial charge is 0.326 e. The minimum atomic E-state index is -3.45. The molecule has 0 saturated heterocycles. The normalized spacial score (nSPS) is 12.7. The number of hydrogen-bond donors (Lipinski definition) is 3. The highest BCUT2D eigenvalue weighted by Gasteiger charge is 2.24. The Morgan fingerprint density at radius 3 is 2.43 bits per heavy atom. The van der Waals surface area contributed by atoms with Gasteiger partial charge in [0.05, 0.1) is 5.75 Å². The quantitative estimate of drug-likeness (QED) is 0.665. The number of nitrogens with one attached hydrogen (secondary N) is 2. The lowest BCUT2D eigenvalue weighted by atomic mass is 10.0. The van der Waals surface area contributed by atoms with E-state index in [1.807, 2.05) is 0 Å². The molecule has 0 spiro atoms. The predicted octanol–water partition coefficient (Wildman–Crippen LogP) is 1.68. The molecule has 128 valence electrons. The number of carbonyl (C=O) groups is 2. The number of anilines is 1. The fourth-order valence-electron chi connectivity index (χ4n) is 1.96. The molecule has 1 atom stereocenters. The van der Waals surface area contributed by atoms with Crippen molar-refractivity contribution in [2.45, 2.75) is 33.2 Å². The van der Waals surface area contributed by atoms with Crippen molar-refractivity contribution in [3.05, 3.63) is 29.8 Å². The standard InChI is InChI=1S/C15H22N2O5S/c1-4-8-23(21,22)17-12-7-5-6-11(9-12)14(18)16-13(10(2)3)15(19)20/h5-7,9-10,13,17H,4,8H2,1-3H3,(H,16,18)(H,19,20). The summed E-state index contributed by atoms with van der Waals surface area (Å²) < 4.78 is 25.9. The van der Waals surface area contributed by atoms with Crippen LogP contribution in [0.2, 0.25) is 0 Å². The van der Waals surface area contributed by atoms with Crippen molar-refractivity contribution in [3.8, 4) is 0 Å². The number of sulfonamides is 1. The summed E-state index contributed by atoms with van der Waals surface area (Å²) in [6.07, 6.45) is 0.476. The Hall–Kier alpha value is -2.09. The molecule has 3 N–H and O–H groups in total. The number of amides is 1. The van der Waals surface area contributed by atoms with Crippen LogP contribution in [0.4, 0.5) is 5.69 Å². The van der Waals surface area contributed by atoms with Gasteiger partial charge in [0, 0.05) is 11.3 Å². The Kier molecular flexibility index (Phi) is 6.56. The number of carbonyl (C=O) groups excluding carboxylic acids is 1. The van der Waals surface area contributed by atoms with Crippen LogP contribution in [0, 0.1) is 5.92 Å². The molecule has 1 rings (SSSR count). The van der Waals surface area contributed by atoms with E-state index in [4.69, 9.17) is 5.11 Å². The first kappa shape index (κ1) is 19.0. The summed E-state index contributed by atoms with van der Waals surface area (Å²) in [6, 6.07) is 4.92. The van der Waals surface area contributed by atoms with Crippen LogP contribution in [-0.2, 0) is 14.8 Å². The van der Waals surface area contributed by atoms with Gasteiger partial charge in [-0.1, -0.05) is 26.8 Å². The maximum atomic E-state index is 12.2. The lowest BCUT2D eigenvalue weighted by molar-refractivity contribution is -0.140. The van der Waals surface area contributed by atoms with Gasteiger partial charge in [-0.3, -0.25) is 9.52 Å². The zero-order chi connectivity index (χ0) is 17.6. The van der Waals surface area contributed by atoms with Crippen molar-refractivity contribution >= 4 is 27.6 Å². The molecule has 0 bridgehead atoms. The van der Waals surface area contributed by atoms with Crippen LogP contribution in [0.1, 0.15) is 37.6 Å². The van der Waals surface area contributed by atoms with Gasteiger partial charge in [-0.15, -0.1) is 0 Å². The molecule has 23 heavy (non-hydrogen) atoms. The Morgan fingerprint density at radius 2 is 1.91 bits per heavy atom. The highest BCUT2D eigenvalue weighted by atomic mass is 32.2. The molecule has 0 aliphatic carbocycles. The molecule has 0 fully saturated rings. The van der Waals surface area contributed by atoms with Crippen LogP contribution < -0.4 is 10.0 Å². The lowest BCUT2D eigenvalue weighted by Gasteiger charge is -2.18. The van der Waals surface area contributed by atoms with Crippen molar-refractivity contribution in [2.24, 2.45) is 5.92 Å². The number of benzene rings is 1. The van der Waals surface area contributed by atoms with Crippen molar-refractivity contribution in [1.29, 1.82) is 0 Å². The minimum Gasteiger partial charge on any atom is -0.480 e. The Balaban J connectivity index is 2.91. The third-order valence-corrected chi connectivity index (χ3v) is 4.58. The van der Waals surface area contributed by atoms with Crippen LogP contribution in [0.5, 0.6) is 0 Å². The Labute approximate surface area is 136 Å². The van der Waals surface area contributed by atoms with Crippen LogP contribution in [0.3, 0.4) is 0 Å². The van der Waals surface area contributed by atoms with E-state index in [1.54, 1.807) is 20.8 Å². The fourth-order valence-corrected chi connectivity index (χ4v) is 3.09. The predicted molar refractivity (Wildman–Crippen MR) is 87.9 cm³/mol. The maximum absolute atomic E-state index is 12.2. The van der Waals surface area contributed by atoms with Crippen molar-refractivity contribution < 1.29 is 23.1 Å². The van der Waals surface area contributed by atoms with Crippen LogP contribution >= 0.6 is 0 Å². The molecule has 1 aromatic rings. The number of rotatable bonds is 8. The SMILES string of the molecule is CCCS(=O)(=O)Nc1cccc(C(=O)NC(C(=O)O)C(C)C)c1. The van der Waals surface area contributed by atoms with Gasteiger partial charge in [0.25, 0.3) is 5.91 Å². The summed E-state index contributed by atoms with van der Waals surface area (Å²) in [5.41, 5.74) is 0.455. The van der Waals surface area contributed by atoms with E-state index in [0.717, 1.165) is 0 Å². The first-order valence-electron chi connectivity index (χ1n) is 7.30. The number of hydrogen-bond acceptors (Lipinski definition) is 4. The summed E-state index contributed by atoms with van der Waals surface area (Å²) in [7, 11) is -3.45. The molecule has 0 radical (unpaired) electrons. The van der Waals surface area contributed by atoms with Crippen LogP contribution in [0.25, 0.3) is 0 Å². The highest BCUT2D eigenvalue weighted by Crippen LogP contribution is 2.14. The van der Waals surface area contributed by atoms with Crippen molar-refractivity contribution in [1.82, 2.24) is 5.32 Å². The van der Waals surface area contributed by atoms with Gasteiger partial charge in [0.1, 0.15) is 6.04 Å². The number of aliphatic carboxylic acids is 1. The summed E-state index contributed by atoms with van der Waals surface area (Å²) in [5.74, 6) is -1.98. The first-order chi connectivity index (χ1) is 10.7. The fraction of sp³-hybridized carbons (Fsp3) is 0.467. The number of carboxylic acids is 1. The largest absolute Gasteiger partial charge is 0.480 e. The molecule has 0 aliphatic rings. The monoisotopic (exact) mass is 342 g/mol. The van der Waals surface area contributed by atoms with Gasteiger partial charge in [-0.25, -0.2) is 13.2 Å². The van der Waals surface area contributed by atoms with E-state index in [1.165, 1.54) is 24.3 Å². The van der Waals surface area contributed by atoms with E-state index in [-0.39, 0.29) is 22.9 Å². The molecular formula is C15H22N2O5S. The highest BCUT2D eigenvalue weighted by molar-refractivity contribution is 7.92. The molecule has 1 unspecified atom stereocenters.